The summed E-state index contributed by atoms with van der Waals surface area (Å²) in [7, 11) is 0. The molecule has 0 saturated carbocycles. The van der Waals surface area contributed by atoms with Crippen molar-refractivity contribution in [3.8, 4) is 0 Å². The Hall–Kier alpha value is -0.840. The minimum atomic E-state index is 0.175. The topological polar surface area (TPSA) is 34.8 Å². The molecule has 0 N–H and O–H groups in total. The molecule has 0 radical (unpaired) electrons. The number of furan rings is 1. The molecule has 3 heterocycles. The van der Waals surface area contributed by atoms with Crippen LogP contribution in [0.1, 0.15) is 37.7 Å². The summed E-state index contributed by atoms with van der Waals surface area (Å²) in [5.41, 5.74) is 0.175. The number of aryl methyl sites for hydroxylation is 1. The summed E-state index contributed by atoms with van der Waals surface area (Å²) < 4.78 is 17.6. The molecule has 4 nitrogen and oxygen atoms in total. The molecule has 2 saturated heterocycles. The highest BCUT2D eigenvalue weighted by atomic mass is 16.5. The van der Waals surface area contributed by atoms with Crippen molar-refractivity contribution in [2.45, 2.75) is 45.8 Å². The summed E-state index contributed by atoms with van der Waals surface area (Å²) in [6, 6.07) is 4.13. The Bertz CT molecular complexity index is 459. The van der Waals surface area contributed by atoms with Gasteiger partial charge in [-0.1, -0.05) is 0 Å². The van der Waals surface area contributed by atoms with Crippen LogP contribution in [0.25, 0.3) is 0 Å². The second kappa shape index (κ2) is 6.51. The molecule has 2 fully saturated rings. The molecule has 1 aromatic heterocycles. The molecule has 0 amide bonds. The van der Waals surface area contributed by atoms with Crippen LogP contribution >= 0.6 is 0 Å². The van der Waals surface area contributed by atoms with Crippen molar-refractivity contribution in [1.82, 2.24) is 4.90 Å². The minimum absolute atomic E-state index is 0.175. The van der Waals surface area contributed by atoms with Crippen molar-refractivity contribution in [2.24, 2.45) is 5.41 Å². The molecule has 0 aromatic carbocycles. The van der Waals surface area contributed by atoms with Gasteiger partial charge in [-0.15, -0.1) is 0 Å². The fraction of sp³-hybridized carbons (Fsp3) is 0.765. The Labute approximate surface area is 127 Å². The van der Waals surface area contributed by atoms with Gasteiger partial charge in [0, 0.05) is 31.7 Å². The highest BCUT2D eigenvalue weighted by Gasteiger charge is 2.46. The fourth-order valence-electron chi connectivity index (χ4n) is 3.82. The molecule has 118 valence electrons. The van der Waals surface area contributed by atoms with E-state index in [0.717, 1.165) is 63.8 Å². The van der Waals surface area contributed by atoms with Crippen LogP contribution < -0.4 is 0 Å². The van der Waals surface area contributed by atoms with Crippen molar-refractivity contribution in [1.29, 1.82) is 0 Å². The van der Waals surface area contributed by atoms with E-state index in [1.165, 1.54) is 6.42 Å². The van der Waals surface area contributed by atoms with Crippen molar-refractivity contribution >= 4 is 0 Å². The van der Waals surface area contributed by atoms with E-state index in [4.69, 9.17) is 13.9 Å². The van der Waals surface area contributed by atoms with Gasteiger partial charge in [-0.05, 0) is 45.2 Å². The molecule has 2 aliphatic rings. The highest BCUT2D eigenvalue weighted by Crippen LogP contribution is 2.40. The maximum Gasteiger partial charge on any atom is 0.118 e. The lowest BCUT2D eigenvalue weighted by molar-refractivity contribution is -0.153. The first-order chi connectivity index (χ1) is 10.2. The van der Waals surface area contributed by atoms with Gasteiger partial charge >= 0.3 is 0 Å². The van der Waals surface area contributed by atoms with Crippen molar-refractivity contribution in [3.05, 3.63) is 23.7 Å². The third kappa shape index (κ3) is 3.33. The summed E-state index contributed by atoms with van der Waals surface area (Å²) in [4.78, 5) is 2.50. The van der Waals surface area contributed by atoms with Crippen LogP contribution in [0.3, 0.4) is 0 Å². The number of ether oxygens (including phenoxy) is 2. The van der Waals surface area contributed by atoms with Crippen LogP contribution in [0.5, 0.6) is 0 Å². The normalized spacial score (nSPS) is 30.3. The molecule has 2 aliphatic heterocycles. The second-order valence-corrected chi connectivity index (χ2v) is 6.47. The van der Waals surface area contributed by atoms with E-state index in [-0.39, 0.29) is 5.41 Å². The zero-order valence-electron chi connectivity index (χ0n) is 13.3. The third-order valence-electron chi connectivity index (χ3n) is 4.84. The number of fused-ring (bicyclic) bond motifs is 1. The van der Waals surface area contributed by atoms with Crippen LogP contribution in [-0.2, 0) is 16.0 Å². The van der Waals surface area contributed by atoms with Gasteiger partial charge in [-0.25, -0.2) is 0 Å². The first-order valence-electron chi connectivity index (χ1n) is 8.19. The largest absolute Gasteiger partial charge is 0.465 e. The monoisotopic (exact) mass is 293 g/mol. The van der Waals surface area contributed by atoms with Crippen LogP contribution in [-0.4, -0.2) is 43.9 Å². The zero-order valence-corrected chi connectivity index (χ0v) is 13.3. The Morgan fingerprint density at radius 3 is 3.10 bits per heavy atom. The fourth-order valence-corrected chi connectivity index (χ4v) is 3.82. The van der Waals surface area contributed by atoms with E-state index in [0.29, 0.717) is 6.10 Å². The van der Waals surface area contributed by atoms with Gasteiger partial charge in [0.15, 0.2) is 0 Å². The first-order valence-corrected chi connectivity index (χ1v) is 8.19. The van der Waals surface area contributed by atoms with Gasteiger partial charge < -0.3 is 13.9 Å². The predicted octanol–water partition coefficient (Wildman–Crippen LogP) is 3.00. The zero-order chi connectivity index (χ0) is 14.7. The van der Waals surface area contributed by atoms with Crippen LogP contribution in [0.15, 0.2) is 16.5 Å². The molecule has 2 atom stereocenters. The Kier molecular flexibility index (Phi) is 4.67. The SMILES string of the molecule is CCOC[C@@]12CCCO[C@H]1CCN(Cc1ccc(C)o1)C2. The lowest BCUT2D eigenvalue weighted by Gasteiger charge is -2.50. The van der Waals surface area contributed by atoms with Gasteiger partial charge in [0.05, 0.1) is 19.3 Å². The molecule has 1 aromatic rings. The number of piperidine rings is 1. The highest BCUT2D eigenvalue weighted by molar-refractivity contribution is 5.06. The minimum Gasteiger partial charge on any atom is -0.465 e. The maximum atomic E-state index is 6.05. The number of hydrogen-bond acceptors (Lipinski definition) is 4. The average molecular weight is 293 g/mol. The van der Waals surface area contributed by atoms with Crippen LogP contribution in [0.4, 0.5) is 0 Å². The molecule has 21 heavy (non-hydrogen) atoms. The predicted molar refractivity (Wildman–Crippen MR) is 81.2 cm³/mol. The van der Waals surface area contributed by atoms with E-state index in [9.17, 15) is 0 Å². The first kappa shape index (κ1) is 15.1. The Morgan fingerprint density at radius 1 is 1.43 bits per heavy atom. The molecule has 0 unspecified atom stereocenters. The van der Waals surface area contributed by atoms with E-state index in [1.807, 2.05) is 13.0 Å². The van der Waals surface area contributed by atoms with Gasteiger partial charge in [-0.2, -0.15) is 0 Å². The molecule has 0 bridgehead atoms. The van der Waals surface area contributed by atoms with Gasteiger partial charge in [-0.3, -0.25) is 4.90 Å². The van der Waals surface area contributed by atoms with Crippen LogP contribution in [0.2, 0.25) is 0 Å². The smallest absolute Gasteiger partial charge is 0.118 e. The van der Waals surface area contributed by atoms with Crippen LogP contribution in [0, 0.1) is 12.3 Å². The summed E-state index contributed by atoms with van der Waals surface area (Å²) >= 11 is 0. The Morgan fingerprint density at radius 2 is 2.33 bits per heavy atom. The standard InChI is InChI=1S/C17H27NO3/c1-3-19-13-17-8-4-10-20-16(17)7-9-18(12-17)11-15-6-5-14(2)21-15/h5-6,16H,3-4,7-13H2,1-2H3/t16-,17-/m0/s1. The van der Waals surface area contributed by atoms with Crippen molar-refractivity contribution in [2.75, 3.05) is 32.9 Å². The van der Waals surface area contributed by atoms with Gasteiger partial charge in [0.1, 0.15) is 11.5 Å². The lowest BCUT2D eigenvalue weighted by atomic mass is 9.73. The van der Waals surface area contributed by atoms with E-state index in [1.54, 1.807) is 0 Å². The molecule has 4 heteroatoms. The number of nitrogens with zero attached hydrogens (tertiary/aromatic N) is 1. The van der Waals surface area contributed by atoms with E-state index >= 15 is 0 Å². The summed E-state index contributed by atoms with van der Waals surface area (Å²) in [5.74, 6) is 2.05. The van der Waals surface area contributed by atoms with Gasteiger partial charge in [0.25, 0.3) is 0 Å². The second-order valence-electron chi connectivity index (χ2n) is 6.47. The maximum absolute atomic E-state index is 6.05. The van der Waals surface area contributed by atoms with Gasteiger partial charge in [0.2, 0.25) is 0 Å². The molecule has 0 spiro atoms. The molecular weight excluding hydrogens is 266 g/mol. The summed E-state index contributed by atoms with van der Waals surface area (Å²) in [6.45, 7) is 9.62. The molecular formula is C17H27NO3. The molecule has 3 rings (SSSR count). The third-order valence-corrected chi connectivity index (χ3v) is 4.84. The van der Waals surface area contributed by atoms with Crippen molar-refractivity contribution < 1.29 is 13.9 Å². The summed E-state index contributed by atoms with van der Waals surface area (Å²) in [5, 5.41) is 0. The number of rotatable bonds is 5. The van der Waals surface area contributed by atoms with E-state index in [2.05, 4.69) is 17.9 Å². The Balaban J connectivity index is 1.68. The quantitative estimate of drug-likeness (QED) is 0.836. The number of hydrogen-bond donors (Lipinski definition) is 0. The number of likely N-dealkylation sites (tertiary alicyclic amines) is 1. The van der Waals surface area contributed by atoms with Crippen molar-refractivity contribution in [3.63, 3.8) is 0 Å². The van der Waals surface area contributed by atoms with E-state index < -0.39 is 0 Å². The summed E-state index contributed by atoms with van der Waals surface area (Å²) in [6.07, 6.45) is 3.84. The average Bonchev–Trinajstić information content (AvgIpc) is 2.90. The lowest BCUT2D eigenvalue weighted by Crippen LogP contribution is -2.56. The molecule has 0 aliphatic carbocycles.